The summed E-state index contributed by atoms with van der Waals surface area (Å²) in [5, 5.41) is 3.11. The molecule has 1 aliphatic heterocycles. The molecular formula is C12H14ClN3O3. The molecule has 2 atom stereocenters. The Labute approximate surface area is 115 Å². The number of hydrogen-bond acceptors (Lipinski definition) is 4. The molecule has 19 heavy (non-hydrogen) atoms. The summed E-state index contributed by atoms with van der Waals surface area (Å²) in [4.78, 5) is 28.4. The number of nitrogens with one attached hydrogen (secondary N) is 1. The molecule has 1 fully saturated rings. The number of anilines is 1. The van der Waals surface area contributed by atoms with Gasteiger partial charge in [0.1, 0.15) is 12.1 Å². The van der Waals surface area contributed by atoms with E-state index < -0.39 is 6.04 Å². The average Bonchev–Trinajstić information content (AvgIpc) is 2.85. The lowest BCUT2D eigenvalue weighted by Gasteiger charge is -2.20. The first-order chi connectivity index (χ1) is 9.13. The summed E-state index contributed by atoms with van der Waals surface area (Å²) in [6.45, 7) is 0.388. The molecule has 1 N–H and O–H groups in total. The van der Waals surface area contributed by atoms with Gasteiger partial charge in [-0.25, -0.2) is 9.78 Å². The van der Waals surface area contributed by atoms with Crippen LogP contribution < -0.4 is 5.32 Å². The minimum Gasteiger partial charge on any atom is -0.380 e. The molecule has 1 saturated heterocycles. The van der Waals surface area contributed by atoms with Crippen molar-refractivity contribution in [2.24, 2.45) is 0 Å². The molecule has 102 valence electrons. The quantitative estimate of drug-likeness (QED) is 0.855. The number of pyridine rings is 1. The fourth-order valence-electron chi connectivity index (χ4n) is 1.99. The number of halogens is 1. The molecule has 7 heteroatoms. The van der Waals surface area contributed by atoms with Crippen molar-refractivity contribution < 1.29 is 14.3 Å². The number of ether oxygens (including phenoxy) is 1. The highest BCUT2D eigenvalue weighted by atomic mass is 35.5. The molecule has 2 heterocycles. The summed E-state index contributed by atoms with van der Waals surface area (Å²) in [5.74, 6) is 0.389. The minimum absolute atomic E-state index is 0.112. The third kappa shape index (κ3) is 3.21. The summed E-state index contributed by atoms with van der Waals surface area (Å²) >= 11 is 5.71. The van der Waals surface area contributed by atoms with Crippen molar-refractivity contribution in [1.82, 2.24) is 9.88 Å². The van der Waals surface area contributed by atoms with Crippen LogP contribution in [0.25, 0.3) is 0 Å². The smallest absolute Gasteiger partial charge is 0.323 e. The topological polar surface area (TPSA) is 71.5 Å². The number of amides is 2. The van der Waals surface area contributed by atoms with Gasteiger partial charge in [0.2, 0.25) is 0 Å². The minimum atomic E-state index is -0.461. The normalized spacial score (nSPS) is 22.3. The third-order valence-electron chi connectivity index (χ3n) is 3.02. The highest BCUT2D eigenvalue weighted by Crippen LogP contribution is 2.20. The van der Waals surface area contributed by atoms with Crippen LogP contribution in [0.2, 0.25) is 5.02 Å². The van der Waals surface area contributed by atoms with E-state index in [1.165, 1.54) is 11.1 Å². The van der Waals surface area contributed by atoms with Crippen LogP contribution in [0.1, 0.15) is 6.42 Å². The van der Waals surface area contributed by atoms with Crippen molar-refractivity contribution in [3.63, 3.8) is 0 Å². The predicted octanol–water partition coefficient (Wildman–Crippen LogP) is 1.56. The Kier molecular flexibility index (Phi) is 4.34. The van der Waals surface area contributed by atoms with E-state index in [0.29, 0.717) is 23.8 Å². The monoisotopic (exact) mass is 283 g/mol. The molecule has 6 nitrogen and oxygen atoms in total. The van der Waals surface area contributed by atoms with E-state index in [2.05, 4.69) is 10.3 Å². The Morgan fingerprint density at radius 3 is 3.00 bits per heavy atom. The first kappa shape index (κ1) is 13.8. The lowest BCUT2D eigenvalue weighted by Crippen LogP contribution is -2.40. The highest BCUT2D eigenvalue weighted by Gasteiger charge is 2.35. The van der Waals surface area contributed by atoms with E-state index in [9.17, 15) is 9.59 Å². The van der Waals surface area contributed by atoms with Crippen LogP contribution in [0, 0.1) is 0 Å². The zero-order valence-electron chi connectivity index (χ0n) is 10.4. The summed E-state index contributed by atoms with van der Waals surface area (Å²) in [5.41, 5.74) is 0. The van der Waals surface area contributed by atoms with Crippen LogP contribution in [-0.4, -0.2) is 48.0 Å². The molecule has 2 amide bonds. The molecule has 2 rings (SSSR count). The molecular weight excluding hydrogens is 270 g/mol. The molecule has 1 aromatic heterocycles. The Hall–Kier alpha value is -1.66. The van der Waals surface area contributed by atoms with E-state index in [1.807, 2.05) is 0 Å². The maximum atomic E-state index is 12.1. The molecule has 0 aliphatic carbocycles. The summed E-state index contributed by atoms with van der Waals surface area (Å²) in [6.07, 6.45) is 2.60. The molecule has 0 bridgehead atoms. The molecule has 0 radical (unpaired) electrons. The van der Waals surface area contributed by atoms with E-state index in [-0.39, 0.29) is 12.1 Å². The lowest BCUT2D eigenvalue weighted by atomic mass is 10.2. The molecule has 1 aliphatic rings. The van der Waals surface area contributed by atoms with Crippen LogP contribution in [0.5, 0.6) is 0 Å². The Morgan fingerprint density at radius 1 is 1.63 bits per heavy atom. The van der Waals surface area contributed by atoms with Gasteiger partial charge >= 0.3 is 6.03 Å². The van der Waals surface area contributed by atoms with E-state index >= 15 is 0 Å². The number of aldehydes is 1. The predicted molar refractivity (Wildman–Crippen MR) is 70.2 cm³/mol. The number of methoxy groups -OCH3 is 1. The van der Waals surface area contributed by atoms with Crippen LogP contribution in [0.3, 0.4) is 0 Å². The Balaban J connectivity index is 2.02. The number of aromatic nitrogens is 1. The standard InChI is InChI=1S/C12H14ClN3O3/c1-19-10-4-9(7-17)16(6-10)12(18)15-11-3-2-8(13)5-14-11/h2-3,5,7,9-10H,4,6H2,1H3,(H,14,15,18)/t9-,10-/m1/s1. The fourth-order valence-corrected chi connectivity index (χ4v) is 2.10. The molecule has 0 saturated carbocycles. The third-order valence-corrected chi connectivity index (χ3v) is 3.24. The number of rotatable bonds is 3. The van der Waals surface area contributed by atoms with E-state index in [1.54, 1.807) is 19.2 Å². The van der Waals surface area contributed by atoms with Crippen LogP contribution in [0.15, 0.2) is 18.3 Å². The van der Waals surface area contributed by atoms with Gasteiger partial charge in [-0.05, 0) is 12.1 Å². The van der Waals surface area contributed by atoms with Crippen molar-refractivity contribution in [2.45, 2.75) is 18.6 Å². The van der Waals surface area contributed by atoms with Gasteiger partial charge in [-0.2, -0.15) is 0 Å². The second-order valence-corrected chi connectivity index (χ2v) is 4.68. The van der Waals surface area contributed by atoms with Gasteiger partial charge in [-0.1, -0.05) is 11.6 Å². The zero-order valence-corrected chi connectivity index (χ0v) is 11.1. The van der Waals surface area contributed by atoms with Crippen molar-refractivity contribution in [1.29, 1.82) is 0 Å². The fraction of sp³-hybridized carbons (Fsp3) is 0.417. The Morgan fingerprint density at radius 2 is 2.42 bits per heavy atom. The second kappa shape index (κ2) is 5.99. The second-order valence-electron chi connectivity index (χ2n) is 4.24. The number of hydrogen-bond donors (Lipinski definition) is 1. The zero-order chi connectivity index (χ0) is 13.8. The van der Waals surface area contributed by atoms with Gasteiger partial charge in [0.15, 0.2) is 0 Å². The molecule has 0 aromatic carbocycles. The average molecular weight is 284 g/mol. The van der Waals surface area contributed by atoms with Crippen LogP contribution >= 0.6 is 11.6 Å². The lowest BCUT2D eigenvalue weighted by molar-refractivity contribution is -0.110. The van der Waals surface area contributed by atoms with Crippen LogP contribution in [-0.2, 0) is 9.53 Å². The molecule has 0 spiro atoms. The van der Waals surface area contributed by atoms with Gasteiger partial charge in [0, 0.05) is 26.3 Å². The highest BCUT2D eigenvalue weighted by molar-refractivity contribution is 6.30. The van der Waals surface area contributed by atoms with Crippen molar-refractivity contribution in [3.05, 3.63) is 23.4 Å². The van der Waals surface area contributed by atoms with Gasteiger partial charge in [0.25, 0.3) is 0 Å². The maximum absolute atomic E-state index is 12.1. The van der Waals surface area contributed by atoms with E-state index in [0.717, 1.165) is 6.29 Å². The Bertz CT molecular complexity index is 466. The SMILES string of the molecule is CO[C@@H]1C[C@H](C=O)N(C(=O)Nc2ccc(Cl)cn2)C1. The summed E-state index contributed by atoms with van der Waals surface area (Å²) in [7, 11) is 1.56. The van der Waals surface area contributed by atoms with Crippen LogP contribution in [0.4, 0.5) is 10.6 Å². The van der Waals surface area contributed by atoms with Crippen molar-refractivity contribution >= 4 is 29.7 Å². The largest absolute Gasteiger partial charge is 0.380 e. The number of urea groups is 1. The molecule has 0 unspecified atom stereocenters. The van der Waals surface area contributed by atoms with Crippen molar-refractivity contribution in [2.75, 3.05) is 19.0 Å². The van der Waals surface area contributed by atoms with Gasteiger partial charge in [0.05, 0.1) is 17.2 Å². The van der Waals surface area contributed by atoms with Gasteiger partial charge in [-0.15, -0.1) is 0 Å². The van der Waals surface area contributed by atoms with Gasteiger partial charge < -0.3 is 14.4 Å². The number of likely N-dealkylation sites (tertiary alicyclic amines) is 1. The molecule has 1 aromatic rings. The van der Waals surface area contributed by atoms with Gasteiger partial charge in [-0.3, -0.25) is 5.32 Å². The summed E-state index contributed by atoms with van der Waals surface area (Å²) in [6, 6.07) is 2.40. The number of carbonyl (C=O) groups excluding carboxylic acids is 2. The maximum Gasteiger partial charge on any atom is 0.323 e. The summed E-state index contributed by atoms with van der Waals surface area (Å²) < 4.78 is 5.18. The van der Waals surface area contributed by atoms with Crippen molar-refractivity contribution in [3.8, 4) is 0 Å². The number of carbonyl (C=O) groups is 2. The first-order valence-electron chi connectivity index (χ1n) is 5.81. The number of nitrogens with zero attached hydrogens (tertiary/aromatic N) is 2. The first-order valence-corrected chi connectivity index (χ1v) is 6.19. The van der Waals surface area contributed by atoms with E-state index in [4.69, 9.17) is 16.3 Å².